The summed E-state index contributed by atoms with van der Waals surface area (Å²) in [6.45, 7) is 3.30. The Balaban J connectivity index is 1.72. The Labute approximate surface area is 164 Å². The van der Waals surface area contributed by atoms with Crippen LogP contribution in [0.1, 0.15) is 25.3 Å². The Morgan fingerprint density at radius 2 is 1.93 bits per heavy atom. The van der Waals surface area contributed by atoms with Crippen molar-refractivity contribution in [1.29, 1.82) is 0 Å². The summed E-state index contributed by atoms with van der Waals surface area (Å²) < 4.78 is 49.1. The van der Waals surface area contributed by atoms with Crippen molar-refractivity contribution in [3.8, 4) is 5.75 Å². The first-order valence-corrected chi connectivity index (χ1v) is 9.20. The maximum absolute atomic E-state index is 12.8. The number of piperidine rings is 1. The van der Waals surface area contributed by atoms with Crippen molar-refractivity contribution in [1.82, 2.24) is 4.90 Å². The first-order valence-electron chi connectivity index (χ1n) is 8.82. The van der Waals surface area contributed by atoms with Crippen LogP contribution in [-0.4, -0.2) is 36.2 Å². The van der Waals surface area contributed by atoms with Crippen LogP contribution < -0.4 is 10.4 Å². The van der Waals surface area contributed by atoms with Gasteiger partial charge in [-0.25, -0.2) is 4.79 Å². The number of ether oxygens (including phenoxy) is 1. The third-order valence-corrected chi connectivity index (χ3v) is 5.22. The molecule has 28 heavy (non-hydrogen) atoms. The molecule has 2 aromatic rings. The summed E-state index contributed by atoms with van der Waals surface area (Å²) >= 11 is 6.22. The Morgan fingerprint density at radius 3 is 2.54 bits per heavy atom. The lowest BCUT2D eigenvalue weighted by Gasteiger charge is -2.34. The zero-order valence-corrected chi connectivity index (χ0v) is 16.1. The van der Waals surface area contributed by atoms with E-state index in [2.05, 4.69) is 0 Å². The summed E-state index contributed by atoms with van der Waals surface area (Å²) in [5, 5.41) is 0.880. The molecule has 0 aliphatic carbocycles. The molecule has 5 nitrogen and oxygen atoms in total. The Kier molecular flexibility index (Phi) is 5.61. The molecule has 2 heterocycles. The maximum Gasteiger partial charge on any atom is 0.391 e. The normalized spacial score (nSPS) is 17.0. The highest BCUT2D eigenvalue weighted by atomic mass is 35.5. The lowest BCUT2D eigenvalue weighted by Crippen LogP contribution is -2.46. The number of rotatable bonds is 3. The van der Waals surface area contributed by atoms with Gasteiger partial charge in [-0.3, -0.25) is 4.79 Å². The molecule has 1 unspecified atom stereocenters. The van der Waals surface area contributed by atoms with Crippen molar-refractivity contribution in [2.75, 3.05) is 13.1 Å². The number of aryl methyl sites for hydroxylation is 1. The van der Waals surface area contributed by atoms with E-state index in [0.29, 0.717) is 10.9 Å². The largest absolute Gasteiger partial charge is 0.479 e. The number of hydrogen-bond donors (Lipinski definition) is 0. The summed E-state index contributed by atoms with van der Waals surface area (Å²) in [6, 6.07) is 4.36. The Hall–Kier alpha value is -2.22. The zero-order chi connectivity index (χ0) is 20.6. The summed E-state index contributed by atoms with van der Waals surface area (Å²) in [6.07, 6.45) is -5.43. The average Bonchev–Trinajstić information content (AvgIpc) is 2.61. The van der Waals surface area contributed by atoms with Gasteiger partial charge in [0, 0.05) is 30.6 Å². The first-order chi connectivity index (χ1) is 13.1. The number of amides is 1. The van der Waals surface area contributed by atoms with Crippen LogP contribution in [0.25, 0.3) is 11.0 Å². The molecule has 1 aromatic heterocycles. The molecule has 1 aliphatic rings. The van der Waals surface area contributed by atoms with E-state index < -0.39 is 29.7 Å². The number of likely N-dealkylation sites (tertiary alicyclic amines) is 1. The van der Waals surface area contributed by atoms with Crippen molar-refractivity contribution in [3.05, 3.63) is 39.2 Å². The van der Waals surface area contributed by atoms with Crippen LogP contribution in [0.5, 0.6) is 5.75 Å². The number of alkyl halides is 3. The molecule has 9 heteroatoms. The van der Waals surface area contributed by atoms with Gasteiger partial charge >= 0.3 is 11.8 Å². The lowest BCUT2D eigenvalue weighted by molar-refractivity contribution is -0.187. The molecule has 0 bridgehead atoms. The van der Waals surface area contributed by atoms with E-state index in [4.69, 9.17) is 20.8 Å². The smallest absolute Gasteiger partial charge is 0.391 e. The van der Waals surface area contributed by atoms with Gasteiger partial charge in [-0.1, -0.05) is 11.6 Å². The summed E-state index contributed by atoms with van der Waals surface area (Å²) in [7, 11) is 0. The van der Waals surface area contributed by atoms with Crippen LogP contribution >= 0.6 is 11.6 Å². The molecule has 0 N–H and O–H groups in total. The van der Waals surface area contributed by atoms with Gasteiger partial charge in [0.15, 0.2) is 6.10 Å². The van der Waals surface area contributed by atoms with Crippen LogP contribution in [0, 0.1) is 12.8 Å². The molecule has 152 valence electrons. The molecule has 1 saturated heterocycles. The van der Waals surface area contributed by atoms with Gasteiger partial charge in [0.05, 0.1) is 10.9 Å². The fraction of sp³-hybridized carbons (Fsp3) is 0.474. The van der Waals surface area contributed by atoms with Crippen LogP contribution in [-0.2, 0) is 4.79 Å². The van der Waals surface area contributed by atoms with Gasteiger partial charge in [-0.2, -0.15) is 13.2 Å². The van der Waals surface area contributed by atoms with Gasteiger partial charge in [0.1, 0.15) is 11.3 Å². The highest BCUT2D eigenvalue weighted by Gasteiger charge is 2.42. The molecule has 1 aromatic carbocycles. The zero-order valence-electron chi connectivity index (χ0n) is 15.3. The van der Waals surface area contributed by atoms with E-state index in [1.54, 1.807) is 13.0 Å². The molecule has 1 fully saturated rings. The lowest BCUT2D eigenvalue weighted by atomic mass is 9.96. The highest BCUT2D eigenvalue weighted by molar-refractivity contribution is 6.32. The van der Waals surface area contributed by atoms with E-state index in [9.17, 15) is 22.8 Å². The van der Waals surface area contributed by atoms with Crippen molar-refractivity contribution < 1.29 is 27.1 Å². The summed E-state index contributed by atoms with van der Waals surface area (Å²) in [5.74, 6) is -1.63. The Morgan fingerprint density at radius 1 is 1.29 bits per heavy atom. The molecule has 1 atom stereocenters. The number of carbonyl (C=O) groups is 1. The summed E-state index contributed by atoms with van der Waals surface area (Å²) in [4.78, 5) is 25.5. The number of nitrogens with zero attached hydrogens (tertiary/aromatic N) is 1. The van der Waals surface area contributed by atoms with Gasteiger partial charge < -0.3 is 14.1 Å². The minimum Gasteiger partial charge on any atom is -0.479 e. The third-order valence-electron chi connectivity index (χ3n) is 4.92. The van der Waals surface area contributed by atoms with Crippen molar-refractivity contribution in [2.24, 2.45) is 5.92 Å². The van der Waals surface area contributed by atoms with Gasteiger partial charge in [-0.05, 0) is 38.3 Å². The third kappa shape index (κ3) is 4.27. The second kappa shape index (κ2) is 7.66. The van der Waals surface area contributed by atoms with Crippen LogP contribution in [0.15, 0.2) is 27.4 Å². The minimum absolute atomic E-state index is 0.0240. The SMILES string of the molecule is Cc1cc(=O)oc2cc(OC(C)C(=O)N3CCC(C(F)(F)F)CC3)c(Cl)cc12. The van der Waals surface area contributed by atoms with Gasteiger partial charge in [-0.15, -0.1) is 0 Å². The van der Waals surface area contributed by atoms with E-state index in [1.165, 1.54) is 24.0 Å². The predicted octanol–water partition coefficient (Wildman–Crippen LogP) is 4.32. The molecular formula is C19H19ClF3NO4. The molecule has 3 rings (SSSR count). The molecule has 1 aliphatic heterocycles. The number of halogens is 4. The van der Waals surface area contributed by atoms with Crippen molar-refractivity contribution in [2.45, 2.75) is 39.0 Å². The maximum atomic E-state index is 12.8. The van der Waals surface area contributed by atoms with Gasteiger partial charge in [0.2, 0.25) is 0 Å². The average molecular weight is 418 g/mol. The number of carbonyl (C=O) groups excluding carboxylic acids is 1. The molecule has 0 saturated carbocycles. The van der Waals surface area contributed by atoms with Crippen LogP contribution in [0.3, 0.4) is 0 Å². The standard InChI is InChI=1S/C19H19ClF3NO4/c1-10-7-17(25)28-15-9-16(14(20)8-13(10)15)27-11(2)18(26)24-5-3-12(4-6-24)19(21,22)23/h7-9,11-12H,3-6H2,1-2H3. The minimum atomic E-state index is -4.24. The summed E-state index contributed by atoms with van der Waals surface area (Å²) in [5.41, 5.74) is 0.446. The number of hydrogen-bond acceptors (Lipinski definition) is 4. The fourth-order valence-corrected chi connectivity index (χ4v) is 3.54. The van der Waals surface area contributed by atoms with E-state index in [0.717, 1.165) is 0 Å². The van der Waals surface area contributed by atoms with Crippen LogP contribution in [0.2, 0.25) is 5.02 Å². The van der Waals surface area contributed by atoms with Gasteiger partial charge in [0.25, 0.3) is 5.91 Å². The van der Waals surface area contributed by atoms with E-state index in [1.807, 2.05) is 0 Å². The monoisotopic (exact) mass is 417 g/mol. The number of benzene rings is 1. The van der Waals surface area contributed by atoms with Crippen LogP contribution in [0.4, 0.5) is 13.2 Å². The van der Waals surface area contributed by atoms with E-state index >= 15 is 0 Å². The second-order valence-electron chi connectivity index (χ2n) is 6.93. The second-order valence-corrected chi connectivity index (χ2v) is 7.34. The molecule has 1 amide bonds. The Bertz CT molecular complexity index is 949. The van der Waals surface area contributed by atoms with E-state index in [-0.39, 0.29) is 42.3 Å². The quantitative estimate of drug-likeness (QED) is 0.698. The van der Waals surface area contributed by atoms with Crippen molar-refractivity contribution in [3.63, 3.8) is 0 Å². The number of fused-ring (bicyclic) bond motifs is 1. The highest BCUT2D eigenvalue weighted by Crippen LogP contribution is 2.35. The predicted molar refractivity (Wildman–Crippen MR) is 97.7 cm³/mol. The topological polar surface area (TPSA) is 59.8 Å². The van der Waals surface area contributed by atoms with Crippen molar-refractivity contribution >= 4 is 28.5 Å². The fourth-order valence-electron chi connectivity index (χ4n) is 3.34. The first kappa shape index (κ1) is 20.5. The molecule has 0 radical (unpaired) electrons. The molecular weight excluding hydrogens is 399 g/mol. The molecule has 0 spiro atoms.